The van der Waals surface area contributed by atoms with Crippen LogP contribution in [0.15, 0.2) is 30.3 Å². The Morgan fingerprint density at radius 1 is 0.857 bits per heavy atom. The molecule has 1 heteroatoms. The smallest absolute Gasteiger partial charge is 0 e. The number of hydrogen-bond acceptors (Lipinski definition) is 0. The second kappa shape index (κ2) is 4.04. The van der Waals surface area contributed by atoms with Crippen molar-refractivity contribution in [1.29, 1.82) is 0 Å². The van der Waals surface area contributed by atoms with Gasteiger partial charge in [0, 0.05) is 20.1 Å². The largest absolute Gasteiger partial charge is 0.0622 e. The summed E-state index contributed by atoms with van der Waals surface area (Å²) in [7, 11) is 0. The maximum Gasteiger partial charge on any atom is 0 e. The molecule has 1 aromatic rings. The Morgan fingerprint density at radius 3 is 1.57 bits per heavy atom. The fraction of sp³-hybridized carbons (Fsp3) is 0. The maximum absolute atomic E-state index is 2.89. The summed E-state index contributed by atoms with van der Waals surface area (Å²) in [5.74, 6) is 0. The first-order chi connectivity index (χ1) is 3.00. The molecule has 0 aliphatic rings. The second-order valence-electron chi connectivity index (χ2n) is 1.08. The molecule has 0 heterocycles. The molecule has 0 aromatic heterocycles. The van der Waals surface area contributed by atoms with Gasteiger partial charge in [0.15, 0.2) is 0 Å². The first-order valence-corrected chi connectivity index (χ1v) is 1.91. The molecule has 0 fully saturated rings. The first-order valence-electron chi connectivity index (χ1n) is 1.91. The van der Waals surface area contributed by atoms with Crippen molar-refractivity contribution in [2.75, 3.05) is 0 Å². The number of hydrogen-bond donors (Lipinski definition) is 0. The van der Waals surface area contributed by atoms with Crippen molar-refractivity contribution in [3.63, 3.8) is 0 Å². The molecule has 7 heavy (non-hydrogen) atoms. The summed E-state index contributed by atoms with van der Waals surface area (Å²) in [6, 6.07) is 12.5. The minimum absolute atomic E-state index is 0. The molecule has 0 atom stereocenters. The van der Waals surface area contributed by atoms with Crippen molar-refractivity contribution in [1.82, 2.24) is 0 Å². The third-order valence-electron chi connectivity index (χ3n) is 0.607. The van der Waals surface area contributed by atoms with Crippen LogP contribution in [0.2, 0.25) is 0 Å². The third kappa shape index (κ3) is 2.55. The summed E-state index contributed by atoms with van der Waals surface area (Å²) < 4.78 is 0. The minimum atomic E-state index is 0. The van der Waals surface area contributed by atoms with Gasteiger partial charge in [-0.25, -0.2) is 0 Å². The summed E-state index contributed by atoms with van der Waals surface area (Å²) in [5, 5.41) is 0. The Bertz CT molecular complexity index is 76.1. The van der Waals surface area contributed by atoms with Crippen LogP contribution in [0.25, 0.3) is 0 Å². The molecule has 0 bridgehead atoms. The van der Waals surface area contributed by atoms with Crippen LogP contribution in [0.4, 0.5) is 0 Å². The Hall–Kier alpha value is -0.131. The molecular weight excluding hydrogens is 264 g/mol. The molecule has 0 unspecified atom stereocenters. The van der Waals surface area contributed by atoms with Crippen molar-refractivity contribution in [2.45, 2.75) is 0 Å². The van der Waals surface area contributed by atoms with E-state index in [-0.39, 0.29) is 20.1 Å². The second-order valence-corrected chi connectivity index (χ2v) is 1.08. The van der Waals surface area contributed by atoms with E-state index in [1.165, 1.54) is 0 Å². The molecule has 0 aliphatic carbocycles. The van der Waals surface area contributed by atoms with Gasteiger partial charge >= 0.3 is 0 Å². The SMILES string of the molecule is [Ir].[c]1ccccc1. The Kier molecular flexibility index (Phi) is 3.96. The van der Waals surface area contributed by atoms with E-state index in [1.54, 1.807) is 0 Å². The fourth-order valence-corrected chi connectivity index (χ4v) is 0.342. The van der Waals surface area contributed by atoms with Gasteiger partial charge in [0.25, 0.3) is 0 Å². The Labute approximate surface area is 56.9 Å². The summed E-state index contributed by atoms with van der Waals surface area (Å²) in [6.45, 7) is 0. The van der Waals surface area contributed by atoms with Crippen LogP contribution in [-0.2, 0) is 20.1 Å². The third-order valence-corrected chi connectivity index (χ3v) is 0.607. The van der Waals surface area contributed by atoms with Gasteiger partial charge < -0.3 is 0 Å². The summed E-state index contributed by atoms with van der Waals surface area (Å²) in [5.41, 5.74) is 0. The molecule has 0 saturated carbocycles. The van der Waals surface area contributed by atoms with E-state index < -0.39 is 0 Å². The van der Waals surface area contributed by atoms with Crippen molar-refractivity contribution >= 4 is 0 Å². The van der Waals surface area contributed by atoms with Crippen LogP contribution in [0.1, 0.15) is 0 Å². The topological polar surface area (TPSA) is 0 Å². The average molecular weight is 269 g/mol. The normalized spacial score (nSPS) is 6.86. The van der Waals surface area contributed by atoms with E-state index in [0.717, 1.165) is 0 Å². The van der Waals surface area contributed by atoms with Gasteiger partial charge in [0.1, 0.15) is 0 Å². The Balaban J connectivity index is 0.000000360. The average Bonchev–Trinajstić information content (AvgIpc) is 1.72. The van der Waals surface area contributed by atoms with E-state index >= 15 is 0 Å². The fourth-order valence-electron chi connectivity index (χ4n) is 0.342. The monoisotopic (exact) mass is 270 g/mol. The maximum atomic E-state index is 2.89. The van der Waals surface area contributed by atoms with Crippen LogP contribution in [-0.4, -0.2) is 0 Å². The first kappa shape index (κ1) is 6.87. The predicted molar refractivity (Wildman–Crippen MR) is 25.3 cm³/mol. The Morgan fingerprint density at radius 2 is 1.43 bits per heavy atom. The molecule has 0 saturated heterocycles. The number of rotatable bonds is 0. The van der Waals surface area contributed by atoms with Crippen molar-refractivity contribution in [3.05, 3.63) is 36.4 Å². The molecular formula is C6H5Ir. The van der Waals surface area contributed by atoms with E-state index in [0.29, 0.717) is 0 Å². The molecule has 0 nitrogen and oxygen atoms in total. The van der Waals surface area contributed by atoms with Gasteiger partial charge in [-0.15, -0.1) is 0 Å². The van der Waals surface area contributed by atoms with Crippen molar-refractivity contribution in [3.8, 4) is 0 Å². The molecule has 38 valence electrons. The zero-order chi connectivity index (χ0) is 4.24. The molecule has 0 amide bonds. The van der Waals surface area contributed by atoms with Crippen molar-refractivity contribution in [2.24, 2.45) is 0 Å². The number of benzene rings is 1. The van der Waals surface area contributed by atoms with Crippen LogP contribution < -0.4 is 0 Å². The minimum Gasteiger partial charge on any atom is -0.0622 e. The molecule has 2 radical (unpaired) electrons. The van der Waals surface area contributed by atoms with Gasteiger partial charge in [-0.1, -0.05) is 30.3 Å². The summed E-state index contributed by atoms with van der Waals surface area (Å²) >= 11 is 0. The van der Waals surface area contributed by atoms with Crippen LogP contribution in [0.5, 0.6) is 0 Å². The van der Waals surface area contributed by atoms with Gasteiger partial charge in [-0.05, 0) is 6.07 Å². The van der Waals surface area contributed by atoms with Gasteiger partial charge in [-0.3, -0.25) is 0 Å². The quantitative estimate of drug-likeness (QED) is 0.669. The van der Waals surface area contributed by atoms with Gasteiger partial charge in [-0.2, -0.15) is 0 Å². The van der Waals surface area contributed by atoms with Gasteiger partial charge in [0.2, 0.25) is 0 Å². The zero-order valence-corrected chi connectivity index (χ0v) is 6.12. The predicted octanol–water partition coefficient (Wildman–Crippen LogP) is 1.48. The van der Waals surface area contributed by atoms with E-state index in [9.17, 15) is 0 Å². The van der Waals surface area contributed by atoms with Crippen LogP contribution in [0.3, 0.4) is 0 Å². The molecule has 0 N–H and O–H groups in total. The van der Waals surface area contributed by atoms with Crippen LogP contribution >= 0.6 is 0 Å². The summed E-state index contributed by atoms with van der Waals surface area (Å²) in [6.07, 6.45) is 0. The molecule has 0 aliphatic heterocycles. The van der Waals surface area contributed by atoms with E-state index in [4.69, 9.17) is 0 Å². The van der Waals surface area contributed by atoms with E-state index in [2.05, 4.69) is 6.07 Å². The van der Waals surface area contributed by atoms with Crippen LogP contribution in [0, 0.1) is 6.07 Å². The standard InChI is InChI=1S/C6H5.Ir/c1-2-4-6-5-3-1;/h1-5H;. The molecule has 0 spiro atoms. The van der Waals surface area contributed by atoms with E-state index in [1.807, 2.05) is 30.3 Å². The van der Waals surface area contributed by atoms with Crippen molar-refractivity contribution < 1.29 is 20.1 Å². The molecule has 1 aromatic carbocycles. The van der Waals surface area contributed by atoms with Gasteiger partial charge in [0.05, 0.1) is 0 Å². The summed E-state index contributed by atoms with van der Waals surface area (Å²) in [4.78, 5) is 0. The molecule has 1 rings (SSSR count). The zero-order valence-electron chi connectivity index (χ0n) is 3.72.